The van der Waals surface area contributed by atoms with E-state index in [1.807, 2.05) is 45.2 Å². The second kappa shape index (κ2) is 11.2. The van der Waals surface area contributed by atoms with Gasteiger partial charge >= 0.3 is 8.60 Å². The van der Waals surface area contributed by atoms with E-state index >= 15 is 0 Å². The fraction of sp³-hybridized carbons (Fsp3) is 0.467. The van der Waals surface area contributed by atoms with Crippen molar-refractivity contribution in [2.45, 2.75) is 20.3 Å². The molecule has 0 spiro atoms. The first-order chi connectivity index (χ1) is 11.1. The van der Waals surface area contributed by atoms with Crippen molar-refractivity contribution in [3.63, 3.8) is 0 Å². The van der Waals surface area contributed by atoms with Gasteiger partial charge in [-0.25, -0.2) is 5.84 Å². The monoisotopic (exact) mass is 342 g/mol. The fourth-order valence-electron chi connectivity index (χ4n) is 1.68. The van der Waals surface area contributed by atoms with Gasteiger partial charge in [0.05, 0.1) is 25.5 Å². The Labute approximate surface area is 139 Å². The van der Waals surface area contributed by atoms with Gasteiger partial charge in [-0.15, -0.1) is 0 Å². The highest BCUT2D eigenvalue weighted by Crippen LogP contribution is 2.39. The van der Waals surface area contributed by atoms with Crippen LogP contribution in [0.5, 0.6) is 0 Å². The smallest absolute Gasteiger partial charge is 0.332 e. The van der Waals surface area contributed by atoms with Crippen LogP contribution in [0.25, 0.3) is 0 Å². The zero-order chi connectivity index (χ0) is 17.1. The van der Waals surface area contributed by atoms with Crippen molar-refractivity contribution in [1.82, 2.24) is 0 Å². The van der Waals surface area contributed by atoms with E-state index < -0.39 is 8.60 Å². The fourth-order valence-corrected chi connectivity index (χ4v) is 2.56. The molecule has 0 fully saturated rings. The molecule has 8 heteroatoms. The van der Waals surface area contributed by atoms with Crippen LogP contribution in [-0.4, -0.2) is 26.9 Å². The Balaban J connectivity index is 2.45. The molecule has 0 bridgehead atoms. The van der Waals surface area contributed by atoms with Gasteiger partial charge in [-0.1, -0.05) is 0 Å². The van der Waals surface area contributed by atoms with Gasteiger partial charge in [0.2, 0.25) is 0 Å². The third-order valence-electron chi connectivity index (χ3n) is 2.82. The Bertz CT molecular complexity index is 464. The number of benzene rings is 1. The molecule has 1 rings (SSSR count). The summed E-state index contributed by atoms with van der Waals surface area (Å²) in [5.41, 5.74) is 8.46. The van der Waals surface area contributed by atoms with Crippen LogP contribution in [0.1, 0.15) is 20.3 Å². The molecule has 0 saturated carbocycles. The minimum atomic E-state index is -1.30. The number of hydrogen-bond acceptors (Lipinski definition) is 7. The first kappa shape index (κ1) is 19.7. The quantitative estimate of drug-likeness (QED) is 0.323. The van der Waals surface area contributed by atoms with E-state index in [2.05, 4.69) is 5.32 Å². The maximum absolute atomic E-state index is 5.98. The second-order valence-corrected chi connectivity index (χ2v) is 5.77. The molecule has 0 aliphatic rings. The number of hydrogen-bond donors (Lipinski definition) is 3. The minimum absolute atomic E-state index is 0.417. The van der Waals surface area contributed by atoms with Gasteiger partial charge in [0.15, 0.2) is 0 Å². The molecule has 23 heavy (non-hydrogen) atoms. The molecule has 7 nitrogen and oxygen atoms in total. The summed E-state index contributed by atoms with van der Waals surface area (Å²) in [4.78, 5) is 0. The second-order valence-electron chi connectivity index (χ2n) is 4.55. The molecule has 0 saturated heterocycles. The first-order valence-corrected chi connectivity index (χ1v) is 8.67. The average Bonchev–Trinajstić information content (AvgIpc) is 2.55. The highest BCUT2D eigenvalue weighted by atomic mass is 31.2. The molecular formula is C15H27N4O3P. The summed E-state index contributed by atoms with van der Waals surface area (Å²) in [6.07, 6.45) is 2.22. The lowest BCUT2D eigenvalue weighted by molar-refractivity contribution is 0.171. The number of nitrogens with one attached hydrogen (secondary N) is 1. The predicted molar refractivity (Wildman–Crippen MR) is 95.7 cm³/mol. The Kier molecular flexibility index (Phi) is 9.59. The van der Waals surface area contributed by atoms with Crippen molar-refractivity contribution in [2.24, 2.45) is 11.6 Å². The number of anilines is 2. The Morgan fingerprint density at radius 1 is 1.17 bits per heavy atom. The molecule has 5 N–H and O–H groups in total. The minimum Gasteiger partial charge on any atom is -0.401 e. The molecule has 0 radical (unpaired) electrons. The van der Waals surface area contributed by atoms with Crippen LogP contribution >= 0.6 is 8.60 Å². The van der Waals surface area contributed by atoms with Crippen LogP contribution < -0.4 is 21.9 Å². The maximum atomic E-state index is 5.98. The summed E-state index contributed by atoms with van der Waals surface area (Å²) in [7, 11) is 0.572. The number of rotatable bonds is 11. The molecular weight excluding hydrogens is 315 g/mol. The first-order valence-electron chi connectivity index (χ1n) is 7.57. The summed E-state index contributed by atoms with van der Waals surface area (Å²) in [6.45, 7) is 5.32. The third kappa shape index (κ3) is 7.63. The molecule has 130 valence electrons. The third-order valence-corrected chi connectivity index (χ3v) is 4.15. The lowest BCUT2D eigenvalue weighted by atomic mass is 10.2. The van der Waals surface area contributed by atoms with Gasteiger partial charge < -0.3 is 24.6 Å². The highest BCUT2D eigenvalue weighted by Gasteiger charge is 2.10. The van der Waals surface area contributed by atoms with Gasteiger partial charge in [0.1, 0.15) is 0 Å². The molecule has 0 aromatic heterocycles. The Hall–Kier alpha value is -1.37. The zero-order valence-corrected chi connectivity index (χ0v) is 14.9. The topological polar surface area (TPSA) is 95.0 Å². The van der Waals surface area contributed by atoms with Crippen LogP contribution in [0.3, 0.4) is 0 Å². The van der Waals surface area contributed by atoms with Crippen molar-refractivity contribution in [3.05, 3.63) is 36.2 Å². The predicted octanol–water partition coefficient (Wildman–Crippen LogP) is 2.92. The van der Waals surface area contributed by atoms with Crippen molar-refractivity contribution in [1.29, 1.82) is 0 Å². The normalized spacial score (nSPS) is 11.8. The van der Waals surface area contributed by atoms with Gasteiger partial charge in [-0.2, -0.15) is 0 Å². The summed E-state index contributed by atoms with van der Waals surface area (Å²) in [5, 5.41) is 4.54. The van der Waals surface area contributed by atoms with E-state index in [1.165, 1.54) is 5.01 Å². The number of hydrazine groups is 1. The molecule has 0 aliphatic heterocycles. The molecule has 0 unspecified atom stereocenters. The molecule has 0 amide bonds. The van der Waals surface area contributed by atoms with Crippen LogP contribution in [0, 0.1) is 0 Å². The Morgan fingerprint density at radius 3 is 2.30 bits per heavy atom. The number of nitrogens with zero attached hydrogens (tertiary/aromatic N) is 1. The molecule has 1 aromatic rings. The van der Waals surface area contributed by atoms with Crippen LogP contribution in [0.15, 0.2) is 36.2 Å². The van der Waals surface area contributed by atoms with E-state index in [1.54, 1.807) is 6.20 Å². The SMILES string of the molecule is CCOP(OCC)OCC/C(N)=C/N(N)c1ccc(NC)cc1. The van der Waals surface area contributed by atoms with E-state index in [0.29, 0.717) is 31.9 Å². The van der Waals surface area contributed by atoms with Gasteiger partial charge in [0, 0.05) is 31.1 Å². The van der Waals surface area contributed by atoms with E-state index in [0.717, 1.165) is 11.4 Å². The summed E-state index contributed by atoms with van der Waals surface area (Å²) < 4.78 is 16.3. The molecule has 0 atom stereocenters. The van der Waals surface area contributed by atoms with Crippen LogP contribution in [-0.2, 0) is 13.6 Å². The lowest BCUT2D eigenvalue weighted by Crippen LogP contribution is -2.26. The van der Waals surface area contributed by atoms with E-state index in [9.17, 15) is 0 Å². The summed E-state index contributed by atoms with van der Waals surface area (Å²) >= 11 is 0. The Morgan fingerprint density at radius 2 is 1.78 bits per heavy atom. The molecule has 0 aliphatic carbocycles. The highest BCUT2D eigenvalue weighted by molar-refractivity contribution is 7.41. The van der Waals surface area contributed by atoms with Crippen LogP contribution in [0.2, 0.25) is 0 Å². The summed E-state index contributed by atoms with van der Waals surface area (Å²) in [5.74, 6) is 5.98. The van der Waals surface area contributed by atoms with Crippen molar-refractivity contribution >= 4 is 20.0 Å². The van der Waals surface area contributed by atoms with Gasteiger partial charge in [0.25, 0.3) is 0 Å². The molecule has 1 aromatic carbocycles. The zero-order valence-electron chi connectivity index (χ0n) is 14.0. The lowest BCUT2D eigenvalue weighted by Gasteiger charge is -2.17. The largest absolute Gasteiger partial charge is 0.401 e. The molecule has 0 heterocycles. The van der Waals surface area contributed by atoms with E-state index in [4.69, 9.17) is 25.1 Å². The standard InChI is InChI=1S/C15H27N4O3P/c1-4-20-23(21-5-2)22-11-10-13(16)12-19(17)15-8-6-14(18-3)7-9-15/h6-9,12,18H,4-5,10-11,16-17H2,1-3H3/b13-12-. The average molecular weight is 342 g/mol. The maximum Gasteiger partial charge on any atom is 0.332 e. The van der Waals surface area contributed by atoms with Crippen molar-refractivity contribution in [3.8, 4) is 0 Å². The van der Waals surface area contributed by atoms with Crippen molar-refractivity contribution in [2.75, 3.05) is 37.2 Å². The summed E-state index contributed by atoms with van der Waals surface area (Å²) in [6, 6.07) is 7.71. The van der Waals surface area contributed by atoms with Gasteiger partial charge in [-0.3, -0.25) is 5.01 Å². The van der Waals surface area contributed by atoms with Gasteiger partial charge in [-0.05, 0) is 38.1 Å². The van der Waals surface area contributed by atoms with Crippen molar-refractivity contribution < 1.29 is 13.6 Å². The van der Waals surface area contributed by atoms with Crippen LogP contribution in [0.4, 0.5) is 11.4 Å². The number of nitrogens with two attached hydrogens (primary N) is 2. The van der Waals surface area contributed by atoms with E-state index in [-0.39, 0.29) is 0 Å².